The van der Waals surface area contributed by atoms with Crippen molar-refractivity contribution in [2.24, 2.45) is 0 Å². The summed E-state index contributed by atoms with van der Waals surface area (Å²) in [6.45, 7) is 2.28. The molecule has 0 radical (unpaired) electrons. The molecule has 5 rings (SSSR count). The van der Waals surface area contributed by atoms with Crippen LogP contribution in [0.1, 0.15) is 42.9 Å². The van der Waals surface area contributed by atoms with Gasteiger partial charge >= 0.3 is 17.8 Å². The minimum atomic E-state index is -1.12. The number of carbonyl (C=O) groups is 4. The van der Waals surface area contributed by atoms with Crippen molar-refractivity contribution in [3.63, 3.8) is 0 Å². The number of esters is 2. The minimum absolute atomic E-state index is 0.0678. The third-order valence-electron chi connectivity index (χ3n) is 6.27. The molecule has 2 aliphatic rings. The van der Waals surface area contributed by atoms with Gasteiger partial charge in [0, 0.05) is 5.56 Å². The van der Waals surface area contributed by atoms with Crippen molar-refractivity contribution in [3.8, 4) is 11.5 Å². The third kappa shape index (κ3) is 4.48. The van der Waals surface area contributed by atoms with Crippen LogP contribution in [0, 0.1) is 6.92 Å². The number of ether oxygens (including phenoxy) is 4. The number of thiazole rings is 1. The number of hydrogen-bond donors (Lipinski definition) is 1. The van der Waals surface area contributed by atoms with Crippen LogP contribution in [-0.4, -0.2) is 61.2 Å². The molecule has 0 saturated carbocycles. The molecule has 1 N–H and O–H groups in total. The maximum atomic E-state index is 13.4. The van der Waals surface area contributed by atoms with Crippen LogP contribution in [0.5, 0.6) is 11.5 Å². The number of aryl methyl sites for hydroxylation is 1. The predicted octanol–water partition coefficient (Wildman–Crippen LogP) is 3.42. The summed E-state index contributed by atoms with van der Waals surface area (Å²) >= 11 is 0.886. The molecule has 1 aromatic heterocycles. The lowest BCUT2D eigenvalue weighted by Gasteiger charge is -2.23. The van der Waals surface area contributed by atoms with Gasteiger partial charge in [-0.3, -0.25) is 14.5 Å². The van der Waals surface area contributed by atoms with Gasteiger partial charge in [-0.15, -0.1) is 0 Å². The molecule has 3 aromatic rings. The molecule has 0 aliphatic carbocycles. The van der Waals surface area contributed by atoms with Crippen molar-refractivity contribution in [1.82, 2.24) is 4.98 Å². The summed E-state index contributed by atoms with van der Waals surface area (Å²) in [5.41, 5.74) is 1.01. The number of anilines is 1. The second kappa shape index (κ2) is 10.2. The van der Waals surface area contributed by atoms with Gasteiger partial charge in [0.1, 0.15) is 23.9 Å². The number of aliphatic hydroxyl groups is 1. The van der Waals surface area contributed by atoms with Gasteiger partial charge in [0.05, 0.1) is 37.1 Å². The Hall–Kier alpha value is -4.71. The fourth-order valence-corrected chi connectivity index (χ4v) is 5.39. The topological polar surface area (TPSA) is 142 Å². The molecular formula is C27H22N2O9S. The van der Waals surface area contributed by atoms with Gasteiger partial charge in [0.15, 0.2) is 16.6 Å². The Bertz CT molecular complexity index is 1540. The molecule has 1 fully saturated rings. The van der Waals surface area contributed by atoms with E-state index in [1.165, 1.54) is 32.4 Å². The molecule has 0 spiro atoms. The number of amides is 1. The lowest BCUT2D eigenvalue weighted by Crippen LogP contribution is -2.29. The standard InChI is InChI=1S/C27H22N2O9S/c1-13-23(26(34)36-3)39-27(28-13)29-20(14-4-6-15(7-5-14)25(33)35-2)19(22(31)24(29)32)21(30)16-8-9-17-18(12-16)38-11-10-37-17/h4-9,12,20,30H,10-11H2,1-3H3/b21-19+/t20-/m0/s1. The number of benzene rings is 2. The summed E-state index contributed by atoms with van der Waals surface area (Å²) < 4.78 is 20.7. The zero-order valence-electron chi connectivity index (χ0n) is 21.0. The van der Waals surface area contributed by atoms with E-state index in [2.05, 4.69) is 4.98 Å². The Morgan fingerprint density at radius 1 is 0.974 bits per heavy atom. The van der Waals surface area contributed by atoms with Crippen molar-refractivity contribution < 1.29 is 43.2 Å². The number of carbonyl (C=O) groups excluding carboxylic acids is 4. The number of fused-ring (bicyclic) bond motifs is 1. The number of hydrogen-bond acceptors (Lipinski definition) is 11. The van der Waals surface area contributed by atoms with Crippen molar-refractivity contribution >= 4 is 45.9 Å². The van der Waals surface area contributed by atoms with Crippen LogP contribution >= 0.6 is 11.3 Å². The first-order valence-corrected chi connectivity index (χ1v) is 12.5. The first-order valence-electron chi connectivity index (χ1n) is 11.7. The molecule has 200 valence electrons. The smallest absolute Gasteiger partial charge is 0.350 e. The monoisotopic (exact) mass is 550 g/mol. The van der Waals surface area contributed by atoms with E-state index in [9.17, 15) is 24.3 Å². The Labute approximate surface area is 226 Å². The van der Waals surface area contributed by atoms with E-state index in [-0.39, 0.29) is 26.7 Å². The van der Waals surface area contributed by atoms with E-state index in [0.29, 0.717) is 36.0 Å². The second-order valence-corrected chi connectivity index (χ2v) is 9.52. The van der Waals surface area contributed by atoms with Gasteiger partial charge in [-0.25, -0.2) is 14.6 Å². The summed E-state index contributed by atoms with van der Waals surface area (Å²) in [6.07, 6.45) is 0. The van der Waals surface area contributed by atoms with E-state index in [1.54, 1.807) is 31.2 Å². The van der Waals surface area contributed by atoms with E-state index >= 15 is 0 Å². The average Bonchev–Trinajstić information content (AvgIpc) is 3.47. The zero-order valence-corrected chi connectivity index (χ0v) is 21.9. The highest BCUT2D eigenvalue weighted by Gasteiger charge is 2.48. The third-order valence-corrected chi connectivity index (χ3v) is 7.41. The van der Waals surface area contributed by atoms with Gasteiger partial charge in [-0.2, -0.15) is 0 Å². The fourth-order valence-electron chi connectivity index (χ4n) is 4.38. The molecule has 2 aliphatic heterocycles. The first kappa shape index (κ1) is 25.9. The van der Waals surface area contributed by atoms with Gasteiger partial charge in [0.2, 0.25) is 0 Å². The highest BCUT2D eigenvalue weighted by molar-refractivity contribution is 7.17. The Morgan fingerprint density at radius 3 is 2.28 bits per heavy atom. The van der Waals surface area contributed by atoms with Crippen LogP contribution in [0.3, 0.4) is 0 Å². The van der Waals surface area contributed by atoms with Crippen LogP contribution in [0.2, 0.25) is 0 Å². The Morgan fingerprint density at radius 2 is 1.62 bits per heavy atom. The van der Waals surface area contributed by atoms with Crippen molar-refractivity contribution in [1.29, 1.82) is 0 Å². The molecule has 1 atom stereocenters. The van der Waals surface area contributed by atoms with Crippen LogP contribution < -0.4 is 14.4 Å². The fraction of sp³-hybridized carbons (Fsp3) is 0.222. The molecule has 2 aromatic carbocycles. The van der Waals surface area contributed by atoms with E-state index in [4.69, 9.17) is 18.9 Å². The van der Waals surface area contributed by atoms with Gasteiger partial charge in [-0.05, 0) is 42.8 Å². The number of rotatable bonds is 5. The van der Waals surface area contributed by atoms with Gasteiger partial charge < -0.3 is 24.1 Å². The average molecular weight is 551 g/mol. The quantitative estimate of drug-likeness (QED) is 0.217. The van der Waals surface area contributed by atoms with Gasteiger partial charge in [-0.1, -0.05) is 23.5 Å². The molecule has 1 saturated heterocycles. The summed E-state index contributed by atoms with van der Waals surface area (Å²) in [4.78, 5) is 56.7. The predicted molar refractivity (Wildman–Crippen MR) is 138 cm³/mol. The zero-order chi connectivity index (χ0) is 27.8. The molecule has 39 heavy (non-hydrogen) atoms. The molecule has 12 heteroatoms. The number of aliphatic hydroxyl groups excluding tert-OH is 1. The molecular weight excluding hydrogens is 528 g/mol. The van der Waals surface area contributed by atoms with Crippen LogP contribution in [0.25, 0.3) is 5.76 Å². The van der Waals surface area contributed by atoms with Crippen molar-refractivity contribution in [2.75, 3.05) is 32.3 Å². The Kier molecular flexibility index (Phi) is 6.79. The number of methoxy groups -OCH3 is 2. The SMILES string of the molecule is COC(=O)c1ccc([C@H]2/C(=C(\O)c3ccc4c(c3)OCCO4)C(=O)C(=O)N2c2nc(C)c(C(=O)OC)s2)cc1. The van der Waals surface area contributed by atoms with Crippen molar-refractivity contribution in [3.05, 3.63) is 75.3 Å². The minimum Gasteiger partial charge on any atom is -0.507 e. The number of nitrogens with zero attached hydrogens (tertiary/aromatic N) is 2. The highest BCUT2D eigenvalue weighted by Crippen LogP contribution is 2.44. The number of ketones is 1. The van der Waals surface area contributed by atoms with Crippen LogP contribution in [0.15, 0.2) is 48.0 Å². The summed E-state index contributed by atoms with van der Waals surface area (Å²) in [5, 5.41) is 11.5. The lowest BCUT2D eigenvalue weighted by atomic mass is 9.94. The summed E-state index contributed by atoms with van der Waals surface area (Å²) in [6, 6.07) is 9.63. The van der Waals surface area contributed by atoms with Crippen LogP contribution in [-0.2, 0) is 19.1 Å². The van der Waals surface area contributed by atoms with Gasteiger partial charge in [0.25, 0.3) is 5.78 Å². The maximum absolute atomic E-state index is 13.4. The van der Waals surface area contributed by atoms with Crippen molar-refractivity contribution in [2.45, 2.75) is 13.0 Å². The Balaban J connectivity index is 1.68. The maximum Gasteiger partial charge on any atom is 0.350 e. The molecule has 3 heterocycles. The first-order chi connectivity index (χ1) is 18.7. The van der Waals surface area contributed by atoms with E-state index < -0.39 is 35.4 Å². The molecule has 11 nitrogen and oxygen atoms in total. The van der Waals surface area contributed by atoms with Crippen LogP contribution in [0.4, 0.5) is 5.13 Å². The lowest BCUT2D eigenvalue weighted by molar-refractivity contribution is -0.132. The number of aromatic nitrogens is 1. The normalized spacial score (nSPS) is 17.7. The largest absolute Gasteiger partial charge is 0.507 e. The van der Waals surface area contributed by atoms with E-state index in [0.717, 1.165) is 16.2 Å². The number of Topliss-reactive ketones (excluding diaryl/α,β-unsaturated/α-hetero) is 1. The molecule has 1 amide bonds. The van der Waals surface area contributed by atoms with E-state index in [1.807, 2.05) is 0 Å². The molecule has 0 bridgehead atoms. The highest BCUT2D eigenvalue weighted by atomic mass is 32.1. The summed E-state index contributed by atoms with van der Waals surface area (Å²) in [7, 11) is 2.48. The molecule has 0 unspecified atom stereocenters. The summed E-state index contributed by atoms with van der Waals surface area (Å²) in [5.74, 6) is -2.65. The second-order valence-electron chi connectivity index (χ2n) is 8.54.